The molecule has 0 saturated heterocycles. The lowest BCUT2D eigenvalue weighted by atomic mass is 9.81. The Kier molecular flexibility index (Phi) is 6.00. The number of hydrogen-bond acceptors (Lipinski definition) is 1. The van der Waals surface area contributed by atoms with Crippen molar-refractivity contribution in [2.75, 3.05) is 20.1 Å². The minimum atomic E-state index is -4.07. The SMILES string of the molecule is C#CCNC(=NC)NCC1CCCC(C(F)(F)F)C1. The molecule has 2 unspecified atom stereocenters. The van der Waals surface area contributed by atoms with Crippen molar-refractivity contribution in [3.63, 3.8) is 0 Å². The van der Waals surface area contributed by atoms with E-state index in [1.54, 1.807) is 7.05 Å². The van der Waals surface area contributed by atoms with Gasteiger partial charge in [0.25, 0.3) is 0 Å². The summed E-state index contributed by atoms with van der Waals surface area (Å²) in [6.07, 6.45) is 2.96. The van der Waals surface area contributed by atoms with Gasteiger partial charge in [-0.05, 0) is 25.2 Å². The Hall–Kier alpha value is -1.38. The highest BCUT2D eigenvalue weighted by Gasteiger charge is 2.41. The summed E-state index contributed by atoms with van der Waals surface area (Å²) >= 11 is 0. The normalized spacial score (nSPS) is 24.7. The van der Waals surface area contributed by atoms with Crippen LogP contribution in [0.3, 0.4) is 0 Å². The van der Waals surface area contributed by atoms with Crippen molar-refractivity contribution in [2.24, 2.45) is 16.8 Å². The predicted molar refractivity (Wildman–Crippen MR) is 69.7 cm³/mol. The van der Waals surface area contributed by atoms with E-state index in [0.29, 0.717) is 25.5 Å². The Morgan fingerprint density at radius 3 is 2.68 bits per heavy atom. The number of guanidine groups is 1. The molecule has 0 aliphatic heterocycles. The molecule has 6 heteroatoms. The van der Waals surface area contributed by atoms with Crippen LogP contribution in [0.2, 0.25) is 0 Å². The van der Waals surface area contributed by atoms with Crippen LogP contribution in [0.1, 0.15) is 25.7 Å². The topological polar surface area (TPSA) is 36.4 Å². The van der Waals surface area contributed by atoms with Gasteiger partial charge in [-0.2, -0.15) is 13.2 Å². The van der Waals surface area contributed by atoms with Crippen LogP contribution < -0.4 is 10.6 Å². The van der Waals surface area contributed by atoms with E-state index >= 15 is 0 Å². The van der Waals surface area contributed by atoms with E-state index in [1.807, 2.05) is 0 Å². The minimum Gasteiger partial charge on any atom is -0.356 e. The highest BCUT2D eigenvalue weighted by atomic mass is 19.4. The summed E-state index contributed by atoms with van der Waals surface area (Å²) in [5, 5.41) is 5.90. The summed E-state index contributed by atoms with van der Waals surface area (Å²) in [5.74, 6) is 1.82. The van der Waals surface area contributed by atoms with Crippen molar-refractivity contribution in [1.29, 1.82) is 0 Å². The van der Waals surface area contributed by atoms with Gasteiger partial charge in [0.1, 0.15) is 0 Å². The molecule has 2 atom stereocenters. The van der Waals surface area contributed by atoms with Crippen molar-refractivity contribution in [1.82, 2.24) is 10.6 Å². The number of nitrogens with zero attached hydrogens (tertiary/aromatic N) is 1. The molecule has 1 rings (SSSR count). The summed E-state index contributed by atoms with van der Waals surface area (Å²) < 4.78 is 38.0. The number of hydrogen-bond donors (Lipinski definition) is 2. The van der Waals surface area contributed by atoms with Gasteiger partial charge in [-0.15, -0.1) is 6.42 Å². The molecule has 1 saturated carbocycles. The zero-order valence-electron chi connectivity index (χ0n) is 11.1. The maximum absolute atomic E-state index is 12.7. The number of rotatable bonds is 3. The van der Waals surface area contributed by atoms with E-state index in [9.17, 15) is 13.2 Å². The lowest BCUT2D eigenvalue weighted by molar-refractivity contribution is -0.185. The fourth-order valence-corrected chi connectivity index (χ4v) is 2.37. The Bertz CT molecular complexity index is 344. The first-order valence-corrected chi connectivity index (χ1v) is 6.42. The average Bonchev–Trinajstić information content (AvgIpc) is 2.38. The summed E-state index contributed by atoms with van der Waals surface area (Å²) in [5.41, 5.74) is 0. The van der Waals surface area contributed by atoms with E-state index in [0.717, 1.165) is 6.42 Å². The molecule has 1 aliphatic rings. The third-order valence-electron chi connectivity index (χ3n) is 3.39. The number of halogens is 3. The van der Waals surface area contributed by atoms with Crippen molar-refractivity contribution in [2.45, 2.75) is 31.9 Å². The first-order valence-electron chi connectivity index (χ1n) is 6.42. The molecular formula is C13H20F3N3. The van der Waals surface area contributed by atoms with Crippen molar-refractivity contribution in [3.8, 4) is 12.3 Å². The molecule has 0 spiro atoms. The van der Waals surface area contributed by atoms with Crippen LogP contribution in [-0.2, 0) is 0 Å². The van der Waals surface area contributed by atoms with Crippen LogP contribution >= 0.6 is 0 Å². The Labute approximate surface area is 112 Å². The Balaban J connectivity index is 2.39. The zero-order valence-corrected chi connectivity index (χ0v) is 11.1. The second-order valence-electron chi connectivity index (χ2n) is 4.78. The number of aliphatic imine (C=N–C) groups is 1. The lowest BCUT2D eigenvalue weighted by Gasteiger charge is -2.30. The largest absolute Gasteiger partial charge is 0.391 e. The molecule has 0 radical (unpaired) electrons. The first kappa shape index (κ1) is 15.7. The van der Waals surface area contributed by atoms with Gasteiger partial charge in [0.15, 0.2) is 5.96 Å². The van der Waals surface area contributed by atoms with Crippen LogP contribution in [0, 0.1) is 24.2 Å². The maximum atomic E-state index is 12.7. The third kappa shape index (κ3) is 5.41. The van der Waals surface area contributed by atoms with Gasteiger partial charge < -0.3 is 10.6 Å². The molecule has 108 valence electrons. The molecule has 0 bridgehead atoms. The van der Waals surface area contributed by atoms with Gasteiger partial charge in [0.05, 0.1) is 12.5 Å². The summed E-state index contributed by atoms with van der Waals surface area (Å²) in [6.45, 7) is 0.840. The molecule has 0 aromatic rings. The van der Waals surface area contributed by atoms with Gasteiger partial charge in [-0.25, -0.2) is 0 Å². The zero-order chi connectivity index (χ0) is 14.3. The molecule has 1 aliphatic carbocycles. The number of nitrogens with one attached hydrogen (secondary N) is 2. The fraction of sp³-hybridized carbons (Fsp3) is 0.769. The van der Waals surface area contributed by atoms with Crippen LogP contribution in [0.5, 0.6) is 0 Å². The molecule has 3 nitrogen and oxygen atoms in total. The van der Waals surface area contributed by atoms with Gasteiger partial charge in [0, 0.05) is 13.6 Å². The van der Waals surface area contributed by atoms with Crippen molar-refractivity contribution < 1.29 is 13.2 Å². The number of terminal acetylenes is 1. The molecule has 0 amide bonds. The second-order valence-corrected chi connectivity index (χ2v) is 4.78. The standard InChI is InChI=1S/C13H20F3N3/c1-3-7-18-12(17-2)19-9-10-5-4-6-11(8-10)13(14,15)16/h1,10-11H,4-9H2,2H3,(H2,17,18,19). The van der Waals surface area contributed by atoms with Crippen LogP contribution in [-0.4, -0.2) is 32.3 Å². The molecule has 0 aromatic carbocycles. The highest BCUT2D eigenvalue weighted by molar-refractivity contribution is 5.79. The van der Waals surface area contributed by atoms with E-state index in [2.05, 4.69) is 21.5 Å². The predicted octanol–water partition coefficient (Wildman–Crippen LogP) is 2.15. The minimum absolute atomic E-state index is 0.0322. The van der Waals surface area contributed by atoms with Gasteiger partial charge >= 0.3 is 6.18 Å². The summed E-state index contributed by atoms with van der Waals surface area (Å²) in [4.78, 5) is 3.95. The van der Waals surface area contributed by atoms with E-state index in [-0.39, 0.29) is 18.8 Å². The van der Waals surface area contributed by atoms with Gasteiger partial charge in [-0.1, -0.05) is 12.3 Å². The molecular weight excluding hydrogens is 255 g/mol. The fourth-order valence-electron chi connectivity index (χ4n) is 2.37. The maximum Gasteiger partial charge on any atom is 0.391 e. The molecule has 0 heterocycles. The molecule has 1 fully saturated rings. The molecule has 0 aromatic heterocycles. The monoisotopic (exact) mass is 275 g/mol. The second kappa shape index (κ2) is 7.27. The van der Waals surface area contributed by atoms with Crippen LogP contribution in [0.25, 0.3) is 0 Å². The third-order valence-corrected chi connectivity index (χ3v) is 3.39. The Morgan fingerprint density at radius 2 is 2.11 bits per heavy atom. The summed E-state index contributed by atoms with van der Waals surface area (Å²) in [6, 6.07) is 0. The summed E-state index contributed by atoms with van der Waals surface area (Å²) in [7, 11) is 1.60. The van der Waals surface area contributed by atoms with Gasteiger partial charge in [-0.3, -0.25) is 4.99 Å². The van der Waals surface area contributed by atoms with Crippen molar-refractivity contribution >= 4 is 5.96 Å². The quantitative estimate of drug-likeness (QED) is 0.470. The molecule has 19 heavy (non-hydrogen) atoms. The van der Waals surface area contributed by atoms with Crippen LogP contribution in [0.4, 0.5) is 13.2 Å². The van der Waals surface area contributed by atoms with Crippen molar-refractivity contribution in [3.05, 3.63) is 0 Å². The smallest absolute Gasteiger partial charge is 0.356 e. The highest BCUT2D eigenvalue weighted by Crippen LogP contribution is 2.39. The van der Waals surface area contributed by atoms with E-state index in [4.69, 9.17) is 6.42 Å². The Morgan fingerprint density at radius 1 is 1.37 bits per heavy atom. The number of alkyl halides is 3. The van der Waals surface area contributed by atoms with E-state index in [1.165, 1.54) is 0 Å². The lowest BCUT2D eigenvalue weighted by Crippen LogP contribution is -2.41. The van der Waals surface area contributed by atoms with E-state index < -0.39 is 12.1 Å². The molecule has 2 N–H and O–H groups in total. The van der Waals surface area contributed by atoms with Gasteiger partial charge in [0.2, 0.25) is 0 Å². The first-order chi connectivity index (χ1) is 8.97. The van der Waals surface area contributed by atoms with Crippen LogP contribution in [0.15, 0.2) is 4.99 Å². The average molecular weight is 275 g/mol.